The van der Waals surface area contributed by atoms with Crippen LogP contribution in [-0.4, -0.2) is 24.6 Å². The molecular formula is C25H25NO3. The first-order valence-electron chi connectivity index (χ1n) is 10.0. The number of aryl methyl sites for hydroxylation is 1. The number of rotatable bonds is 3. The highest BCUT2D eigenvalue weighted by molar-refractivity contribution is 6.12. The Hall–Kier alpha value is -3.01. The minimum atomic E-state index is -0.408. The summed E-state index contributed by atoms with van der Waals surface area (Å²) in [6.07, 6.45) is 1.19. The van der Waals surface area contributed by atoms with Crippen LogP contribution in [0, 0.1) is 12.8 Å². The van der Waals surface area contributed by atoms with E-state index in [4.69, 9.17) is 9.73 Å². The first-order chi connectivity index (χ1) is 14.0. The normalized spacial score (nSPS) is 24.0. The lowest BCUT2D eigenvalue weighted by Gasteiger charge is -2.38. The topological polar surface area (TPSA) is 55.7 Å². The van der Waals surface area contributed by atoms with Crippen LogP contribution < -0.4 is 0 Å². The summed E-state index contributed by atoms with van der Waals surface area (Å²) in [5.74, 6) is -0.891. The first-order valence-corrected chi connectivity index (χ1v) is 10.0. The number of nitrogens with zero attached hydrogens (tertiary/aromatic N) is 1. The zero-order chi connectivity index (χ0) is 20.5. The molecule has 0 radical (unpaired) electrons. The molecule has 0 amide bonds. The highest BCUT2D eigenvalue weighted by Gasteiger charge is 2.45. The first kappa shape index (κ1) is 19.3. The van der Waals surface area contributed by atoms with E-state index in [0.29, 0.717) is 17.7 Å². The number of hydrogen-bond acceptors (Lipinski definition) is 4. The Balaban J connectivity index is 1.80. The van der Waals surface area contributed by atoms with Crippen LogP contribution in [-0.2, 0) is 14.3 Å². The molecule has 3 atom stereocenters. The summed E-state index contributed by atoms with van der Waals surface area (Å²) in [6, 6.07) is 18.2. The molecule has 1 unspecified atom stereocenters. The smallest absolute Gasteiger partial charge is 0.336 e. The Morgan fingerprint density at radius 3 is 2.28 bits per heavy atom. The number of fused-ring (bicyclic) bond motifs is 1. The number of Topliss-reactive ketones (excluding diaryl/α,β-unsaturated/α-hetero) is 1. The van der Waals surface area contributed by atoms with Gasteiger partial charge < -0.3 is 4.74 Å². The quantitative estimate of drug-likeness (QED) is 0.715. The van der Waals surface area contributed by atoms with Crippen molar-refractivity contribution >= 4 is 17.5 Å². The van der Waals surface area contributed by atoms with Crippen molar-refractivity contribution in [2.24, 2.45) is 10.9 Å². The minimum Gasteiger partial charge on any atom is -0.466 e. The monoisotopic (exact) mass is 387 g/mol. The maximum absolute atomic E-state index is 13.4. The highest BCUT2D eigenvalue weighted by atomic mass is 16.5. The van der Waals surface area contributed by atoms with Crippen LogP contribution in [0.5, 0.6) is 0 Å². The molecule has 0 aromatic heterocycles. The van der Waals surface area contributed by atoms with Gasteiger partial charge in [-0.15, -0.1) is 0 Å². The lowest BCUT2D eigenvalue weighted by Crippen LogP contribution is -2.41. The Bertz CT molecular complexity index is 1000. The number of aliphatic imine (C=N–C) groups is 1. The molecule has 2 aromatic rings. The minimum absolute atomic E-state index is 0.129. The summed E-state index contributed by atoms with van der Waals surface area (Å²) in [7, 11) is 1.38. The second-order valence-corrected chi connectivity index (χ2v) is 7.94. The highest BCUT2D eigenvalue weighted by Crippen LogP contribution is 2.45. The molecule has 0 N–H and O–H groups in total. The van der Waals surface area contributed by atoms with Gasteiger partial charge in [-0.3, -0.25) is 9.79 Å². The molecule has 0 spiro atoms. The second-order valence-electron chi connectivity index (χ2n) is 7.94. The van der Waals surface area contributed by atoms with Crippen LogP contribution >= 0.6 is 0 Å². The number of methoxy groups -OCH3 is 1. The summed E-state index contributed by atoms with van der Waals surface area (Å²) in [5.41, 5.74) is 5.28. The molecule has 2 aromatic carbocycles. The van der Waals surface area contributed by atoms with Crippen molar-refractivity contribution in [2.75, 3.05) is 7.11 Å². The fraction of sp³-hybridized carbons (Fsp3) is 0.320. The molecule has 1 saturated carbocycles. The van der Waals surface area contributed by atoms with E-state index in [1.54, 1.807) is 0 Å². The zero-order valence-electron chi connectivity index (χ0n) is 17.0. The van der Waals surface area contributed by atoms with E-state index in [2.05, 4.69) is 12.1 Å². The third kappa shape index (κ3) is 3.55. The van der Waals surface area contributed by atoms with Gasteiger partial charge in [0.2, 0.25) is 0 Å². The van der Waals surface area contributed by atoms with E-state index in [0.717, 1.165) is 28.8 Å². The van der Waals surface area contributed by atoms with E-state index < -0.39 is 11.9 Å². The SMILES string of the molecule is COC(=O)C1=C(C)N=C2C[C@@H](c3ccccc3)CC(=O)C2[C@@H]1c1ccc(C)cc1. The number of allylic oxidation sites excluding steroid dienone is 1. The maximum atomic E-state index is 13.4. The third-order valence-electron chi connectivity index (χ3n) is 6.07. The van der Waals surface area contributed by atoms with Crippen molar-refractivity contribution in [1.82, 2.24) is 0 Å². The van der Waals surface area contributed by atoms with Crippen molar-refractivity contribution in [1.29, 1.82) is 0 Å². The number of hydrogen-bond donors (Lipinski definition) is 0. The van der Waals surface area contributed by atoms with Crippen molar-refractivity contribution in [3.05, 3.63) is 82.6 Å². The standard InChI is InChI=1S/C25H25NO3/c1-15-9-11-18(12-10-15)23-22(25(28)29-3)16(2)26-20-13-19(14-21(27)24(20)23)17-7-5-4-6-8-17/h4-12,19,23-24H,13-14H2,1-3H3/t19-,23-,24?/m1/s1. The van der Waals surface area contributed by atoms with Gasteiger partial charge in [-0.05, 0) is 37.3 Å². The van der Waals surface area contributed by atoms with E-state index >= 15 is 0 Å². The summed E-state index contributed by atoms with van der Waals surface area (Å²) in [5, 5.41) is 0. The number of ketones is 1. The molecule has 1 heterocycles. The van der Waals surface area contributed by atoms with Crippen LogP contribution in [0.4, 0.5) is 0 Å². The summed E-state index contributed by atoms with van der Waals surface area (Å²) >= 11 is 0. The number of carbonyl (C=O) groups excluding carboxylic acids is 2. The number of carbonyl (C=O) groups is 2. The Labute approximate surface area is 171 Å². The van der Waals surface area contributed by atoms with Crippen molar-refractivity contribution in [3.8, 4) is 0 Å². The fourth-order valence-corrected chi connectivity index (χ4v) is 4.65. The van der Waals surface area contributed by atoms with Gasteiger partial charge in [0.05, 0.1) is 18.6 Å². The molecule has 4 rings (SSSR count). The van der Waals surface area contributed by atoms with E-state index in [1.165, 1.54) is 7.11 Å². The summed E-state index contributed by atoms with van der Waals surface area (Å²) in [6.45, 7) is 3.86. The molecule has 2 aliphatic rings. The molecule has 1 aliphatic carbocycles. The molecule has 4 heteroatoms. The average Bonchev–Trinajstić information content (AvgIpc) is 2.73. The van der Waals surface area contributed by atoms with Gasteiger partial charge in [0.15, 0.2) is 0 Å². The van der Waals surface area contributed by atoms with E-state index in [9.17, 15) is 9.59 Å². The maximum Gasteiger partial charge on any atom is 0.336 e. The predicted molar refractivity (Wildman–Crippen MR) is 113 cm³/mol. The summed E-state index contributed by atoms with van der Waals surface area (Å²) in [4.78, 5) is 30.8. The van der Waals surface area contributed by atoms with Crippen LogP contribution in [0.1, 0.15) is 48.3 Å². The number of ether oxygens (including phenoxy) is 1. The molecule has 0 bridgehead atoms. The Morgan fingerprint density at radius 2 is 1.62 bits per heavy atom. The molecule has 4 nitrogen and oxygen atoms in total. The third-order valence-corrected chi connectivity index (χ3v) is 6.07. The molecule has 29 heavy (non-hydrogen) atoms. The van der Waals surface area contributed by atoms with Gasteiger partial charge in [0.1, 0.15) is 5.78 Å². The molecule has 148 valence electrons. The second kappa shape index (κ2) is 7.78. The van der Waals surface area contributed by atoms with E-state index in [1.807, 2.05) is 56.3 Å². The Morgan fingerprint density at radius 1 is 0.931 bits per heavy atom. The van der Waals surface area contributed by atoms with Crippen molar-refractivity contribution in [3.63, 3.8) is 0 Å². The summed E-state index contributed by atoms with van der Waals surface area (Å²) < 4.78 is 5.06. The molecule has 1 aliphatic heterocycles. The van der Waals surface area contributed by atoms with Gasteiger partial charge in [-0.25, -0.2) is 4.79 Å². The van der Waals surface area contributed by atoms with Crippen molar-refractivity contribution < 1.29 is 14.3 Å². The van der Waals surface area contributed by atoms with Crippen molar-refractivity contribution in [2.45, 2.75) is 38.5 Å². The predicted octanol–water partition coefficient (Wildman–Crippen LogP) is 4.74. The fourth-order valence-electron chi connectivity index (χ4n) is 4.65. The average molecular weight is 387 g/mol. The van der Waals surface area contributed by atoms with Crippen LogP contribution in [0.2, 0.25) is 0 Å². The van der Waals surface area contributed by atoms with Gasteiger partial charge in [-0.1, -0.05) is 60.2 Å². The largest absolute Gasteiger partial charge is 0.466 e. The molecule has 0 saturated heterocycles. The number of benzene rings is 2. The van der Waals surface area contributed by atoms with Gasteiger partial charge >= 0.3 is 5.97 Å². The van der Waals surface area contributed by atoms with Gasteiger partial charge in [0, 0.05) is 23.7 Å². The zero-order valence-corrected chi connectivity index (χ0v) is 17.0. The number of esters is 1. The lowest BCUT2D eigenvalue weighted by atomic mass is 9.66. The van der Waals surface area contributed by atoms with Crippen LogP contribution in [0.15, 0.2) is 70.9 Å². The van der Waals surface area contributed by atoms with Crippen LogP contribution in [0.25, 0.3) is 0 Å². The molecule has 1 fully saturated rings. The van der Waals surface area contributed by atoms with Gasteiger partial charge in [0.25, 0.3) is 0 Å². The lowest BCUT2D eigenvalue weighted by molar-refractivity contribution is -0.136. The van der Waals surface area contributed by atoms with E-state index in [-0.39, 0.29) is 17.6 Å². The Kier molecular flexibility index (Phi) is 5.18. The van der Waals surface area contributed by atoms with Crippen LogP contribution in [0.3, 0.4) is 0 Å². The molecular weight excluding hydrogens is 362 g/mol. The van der Waals surface area contributed by atoms with Gasteiger partial charge in [-0.2, -0.15) is 0 Å².